The molecule has 0 aliphatic carbocycles. The van der Waals surface area contributed by atoms with Crippen LogP contribution in [0, 0.1) is 25.6 Å². The maximum absolute atomic E-state index is 13.1. The van der Waals surface area contributed by atoms with Crippen LogP contribution in [0.5, 0.6) is 0 Å². The van der Waals surface area contributed by atoms with E-state index in [4.69, 9.17) is 0 Å². The zero-order valence-electron chi connectivity index (χ0n) is 16.8. The molecule has 0 aliphatic heterocycles. The lowest BCUT2D eigenvalue weighted by Crippen LogP contribution is -2.40. The largest absolute Gasteiger partial charge is 0.346 e. The Morgan fingerprint density at radius 1 is 0.964 bits per heavy atom. The molecule has 0 aliphatic rings. The Morgan fingerprint density at radius 3 is 2.29 bits per heavy atom. The van der Waals surface area contributed by atoms with Crippen molar-refractivity contribution >= 4 is 17.5 Å². The first-order valence-corrected chi connectivity index (χ1v) is 9.39. The molecule has 0 bridgehead atoms. The summed E-state index contributed by atoms with van der Waals surface area (Å²) in [6.07, 6.45) is 0. The van der Waals surface area contributed by atoms with Gasteiger partial charge in [-0.15, -0.1) is 0 Å². The summed E-state index contributed by atoms with van der Waals surface area (Å²) in [5.74, 6) is -0.630. The zero-order valence-corrected chi connectivity index (χ0v) is 16.8. The van der Waals surface area contributed by atoms with Gasteiger partial charge in [-0.1, -0.05) is 38.1 Å². The van der Waals surface area contributed by atoms with Crippen LogP contribution in [0.2, 0.25) is 0 Å². The minimum absolute atomic E-state index is 0.0664. The van der Waals surface area contributed by atoms with Gasteiger partial charge in [0, 0.05) is 11.7 Å². The number of carbonyl (C=O) groups excluding carboxylic acids is 2. The van der Waals surface area contributed by atoms with Gasteiger partial charge in [0.25, 0.3) is 0 Å². The summed E-state index contributed by atoms with van der Waals surface area (Å²) in [5.41, 5.74) is 3.75. The van der Waals surface area contributed by atoms with Gasteiger partial charge in [0.15, 0.2) is 0 Å². The number of amides is 2. The van der Waals surface area contributed by atoms with Gasteiger partial charge in [0.2, 0.25) is 11.8 Å². The number of nitrogens with one attached hydrogen (secondary N) is 3. The van der Waals surface area contributed by atoms with Gasteiger partial charge in [-0.25, -0.2) is 4.39 Å². The lowest BCUT2D eigenvalue weighted by atomic mass is 9.96. The topological polar surface area (TPSA) is 70.2 Å². The van der Waals surface area contributed by atoms with Crippen molar-refractivity contribution in [3.8, 4) is 0 Å². The van der Waals surface area contributed by atoms with Crippen molar-refractivity contribution in [2.45, 2.75) is 33.7 Å². The van der Waals surface area contributed by atoms with Crippen LogP contribution in [0.4, 0.5) is 10.1 Å². The minimum Gasteiger partial charge on any atom is -0.346 e. The predicted molar refractivity (Wildman–Crippen MR) is 110 cm³/mol. The third-order valence-electron chi connectivity index (χ3n) is 4.70. The molecule has 0 radical (unpaired) electrons. The quantitative estimate of drug-likeness (QED) is 0.652. The second-order valence-electron chi connectivity index (χ2n) is 7.23. The Hall–Kier alpha value is -2.73. The summed E-state index contributed by atoms with van der Waals surface area (Å²) in [7, 11) is 0. The average Bonchev–Trinajstić information content (AvgIpc) is 2.65. The van der Waals surface area contributed by atoms with Crippen LogP contribution in [0.3, 0.4) is 0 Å². The highest BCUT2D eigenvalue weighted by Gasteiger charge is 2.17. The molecule has 150 valence electrons. The van der Waals surface area contributed by atoms with E-state index in [1.165, 1.54) is 12.1 Å². The van der Waals surface area contributed by atoms with E-state index in [9.17, 15) is 14.0 Å². The zero-order chi connectivity index (χ0) is 20.7. The normalized spacial score (nSPS) is 11.9. The minimum atomic E-state index is -0.293. The SMILES string of the molecule is Cc1cccc(NC(=O)CNC(=O)CN[C@H](c2ccc(F)cc2)C(C)C)c1C. The van der Waals surface area contributed by atoms with E-state index in [1.807, 2.05) is 45.9 Å². The second-order valence-corrected chi connectivity index (χ2v) is 7.23. The molecule has 28 heavy (non-hydrogen) atoms. The number of rotatable bonds is 8. The highest BCUT2D eigenvalue weighted by Crippen LogP contribution is 2.21. The molecule has 0 saturated carbocycles. The van der Waals surface area contributed by atoms with E-state index >= 15 is 0 Å². The molecule has 0 unspecified atom stereocenters. The Bertz CT molecular complexity index is 819. The lowest BCUT2D eigenvalue weighted by Gasteiger charge is -2.22. The number of halogens is 1. The highest BCUT2D eigenvalue weighted by atomic mass is 19.1. The highest BCUT2D eigenvalue weighted by molar-refractivity contribution is 5.95. The molecule has 6 heteroatoms. The molecule has 2 aromatic rings. The first kappa shape index (κ1) is 21.6. The van der Waals surface area contributed by atoms with E-state index in [-0.39, 0.29) is 42.7 Å². The molecule has 5 nitrogen and oxygen atoms in total. The third kappa shape index (κ3) is 6.16. The number of hydrogen-bond acceptors (Lipinski definition) is 3. The van der Waals surface area contributed by atoms with E-state index in [1.54, 1.807) is 12.1 Å². The van der Waals surface area contributed by atoms with Crippen molar-refractivity contribution < 1.29 is 14.0 Å². The van der Waals surface area contributed by atoms with Crippen molar-refractivity contribution in [3.63, 3.8) is 0 Å². The molecule has 0 heterocycles. The molecule has 1 atom stereocenters. The molecule has 2 rings (SSSR count). The molecule has 2 amide bonds. The summed E-state index contributed by atoms with van der Waals surface area (Å²) in [6.45, 7) is 7.93. The fraction of sp³-hybridized carbons (Fsp3) is 0.364. The van der Waals surface area contributed by atoms with Crippen molar-refractivity contribution in [1.29, 1.82) is 0 Å². The average molecular weight is 385 g/mol. The standard InChI is InChI=1S/C22H28FN3O2/c1-14(2)22(17-8-10-18(23)11-9-17)25-12-20(27)24-13-21(28)26-19-7-5-6-15(3)16(19)4/h5-11,14,22,25H,12-13H2,1-4H3,(H,24,27)(H,26,28)/t22-/m0/s1. The number of carbonyl (C=O) groups is 2. The Kier molecular flexibility index (Phi) is 7.70. The fourth-order valence-corrected chi connectivity index (χ4v) is 2.93. The van der Waals surface area contributed by atoms with E-state index < -0.39 is 0 Å². The molecule has 3 N–H and O–H groups in total. The van der Waals surface area contributed by atoms with Crippen molar-refractivity contribution in [2.75, 3.05) is 18.4 Å². The van der Waals surface area contributed by atoms with Crippen LogP contribution in [0.15, 0.2) is 42.5 Å². The summed E-state index contributed by atoms with van der Waals surface area (Å²) < 4.78 is 13.1. The molecular formula is C22H28FN3O2. The van der Waals surface area contributed by atoms with Crippen LogP contribution in [-0.4, -0.2) is 24.9 Å². The Balaban J connectivity index is 1.83. The summed E-state index contributed by atoms with van der Waals surface area (Å²) in [4.78, 5) is 24.2. The second kappa shape index (κ2) is 9.99. The van der Waals surface area contributed by atoms with Crippen LogP contribution < -0.4 is 16.0 Å². The first-order valence-electron chi connectivity index (χ1n) is 9.39. The molecule has 2 aromatic carbocycles. The van der Waals surface area contributed by atoms with E-state index in [0.29, 0.717) is 0 Å². The van der Waals surface area contributed by atoms with Gasteiger partial charge < -0.3 is 16.0 Å². The molecule has 0 saturated heterocycles. The van der Waals surface area contributed by atoms with Crippen LogP contribution in [0.25, 0.3) is 0 Å². The Morgan fingerprint density at radius 2 is 1.64 bits per heavy atom. The van der Waals surface area contributed by atoms with Crippen molar-refractivity contribution in [2.24, 2.45) is 5.92 Å². The monoisotopic (exact) mass is 385 g/mol. The van der Waals surface area contributed by atoms with Crippen LogP contribution >= 0.6 is 0 Å². The molecule has 0 aromatic heterocycles. The molecule has 0 fully saturated rings. The number of benzene rings is 2. The van der Waals surface area contributed by atoms with Gasteiger partial charge in [-0.05, 0) is 54.7 Å². The maximum atomic E-state index is 13.1. The predicted octanol–water partition coefficient (Wildman–Crippen LogP) is 3.48. The van der Waals surface area contributed by atoms with E-state index in [2.05, 4.69) is 16.0 Å². The summed E-state index contributed by atoms with van der Waals surface area (Å²) >= 11 is 0. The Labute approximate surface area is 165 Å². The smallest absolute Gasteiger partial charge is 0.243 e. The third-order valence-corrected chi connectivity index (χ3v) is 4.70. The first-order chi connectivity index (χ1) is 13.3. The number of anilines is 1. The lowest BCUT2D eigenvalue weighted by molar-refractivity contribution is -0.123. The van der Waals surface area contributed by atoms with Crippen molar-refractivity contribution in [3.05, 3.63) is 65.0 Å². The van der Waals surface area contributed by atoms with Crippen LogP contribution in [0.1, 0.15) is 36.6 Å². The van der Waals surface area contributed by atoms with Gasteiger partial charge in [0.05, 0.1) is 13.1 Å². The molecular weight excluding hydrogens is 357 g/mol. The number of hydrogen-bond donors (Lipinski definition) is 3. The maximum Gasteiger partial charge on any atom is 0.243 e. The van der Waals surface area contributed by atoms with Crippen molar-refractivity contribution in [1.82, 2.24) is 10.6 Å². The van der Waals surface area contributed by atoms with Gasteiger partial charge in [-0.3, -0.25) is 9.59 Å². The molecule has 0 spiro atoms. The van der Waals surface area contributed by atoms with Gasteiger partial charge in [0.1, 0.15) is 5.82 Å². The summed E-state index contributed by atoms with van der Waals surface area (Å²) in [6, 6.07) is 11.8. The van der Waals surface area contributed by atoms with Gasteiger partial charge >= 0.3 is 0 Å². The fourth-order valence-electron chi connectivity index (χ4n) is 2.93. The summed E-state index contributed by atoms with van der Waals surface area (Å²) in [5, 5.41) is 8.61. The van der Waals surface area contributed by atoms with Crippen LogP contribution in [-0.2, 0) is 9.59 Å². The van der Waals surface area contributed by atoms with E-state index in [0.717, 1.165) is 22.4 Å². The van der Waals surface area contributed by atoms with Gasteiger partial charge in [-0.2, -0.15) is 0 Å². The number of aryl methyl sites for hydroxylation is 1.